The Kier molecular flexibility index (Phi) is 6.85. The second-order valence-electron chi connectivity index (χ2n) is 8.24. The molecule has 1 fully saturated rings. The van der Waals surface area contributed by atoms with Gasteiger partial charge in [0.1, 0.15) is 17.3 Å². The van der Waals surface area contributed by atoms with Gasteiger partial charge >= 0.3 is 0 Å². The molecule has 1 amide bonds. The first kappa shape index (κ1) is 24.4. The van der Waals surface area contributed by atoms with Crippen LogP contribution in [-0.4, -0.2) is 30.5 Å². The van der Waals surface area contributed by atoms with E-state index in [4.69, 9.17) is 21.1 Å². The minimum Gasteiger partial charge on any atom is -0.507 e. The number of ketones is 1. The highest BCUT2D eigenvalue weighted by Crippen LogP contribution is 2.44. The van der Waals surface area contributed by atoms with Gasteiger partial charge in [-0.15, -0.1) is 0 Å². The first-order valence-electron chi connectivity index (χ1n) is 11.2. The molecule has 1 saturated heterocycles. The van der Waals surface area contributed by atoms with Gasteiger partial charge in [0.15, 0.2) is 0 Å². The maximum Gasteiger partial charge on any atom is 0.300 e. The lowest BCUT2D eigenvalue weighted by molar-refractivity contribution is -0.132. The van der Waals surface area contributed by atoms with Gasteiger partial charge < -0.3 is 14.6 Å². The van der Waals surface area contributed by atoms with Crippen molar-refractivity contribution in [2.45, 2.75) is 26.8 Å². The maximum atomic E-state index is 13.4. The lowest BCUT2D eigenvalue weighted by atomic mass is 9.94. The van der Waals surface area contributed by atoms with Crippen molar-refractivity contribution in [1.29, 1.82) is 0 Å². The van der Waals surface area contributed by atoms with Crippen LogP contribution >= 0.6 is 11.6 Å². The smallest absolute Gasteiger partial charge is 0.300 e. The number of hydrogen-bond acceptors (Lipinski definition) is 5. The molecular weight excluding hydrogens is 466 g/mol. The van der Waals surface area contributed by atoms with E-state index in [9.17, 15) is 14.7 Å². The summed E-state index contributed by atoms with van der Waals surface area (Å²) in [6, 6.07) is 16.6. The van der Waals surface area contributed by atoms with Crippen molar-refractivity contribution < 1.29 is 24.2 Å². The maximum absolute atomic E-state index is 13.4. The Morgan fingerprint density at radius 3 is 2.43 bits per heavy atom. The average Bonchev–Trinajstić information content (AvgIpc) is 3.12. The second-order valence-corrected chi connectivity index (χ2v) is 8.65. The average molecular weight is 492 g/mol. The number of anilines is 1. The van der Waals surface area contributed by atoms with Crippen molar-refractivity contribution >= 4 is 34.7 Å². The number of hydrogen-bond donors (Lipinski definition) is 1. The molecule has 0 aliphatic carbocycles. The normalized spacial score (nSPS) is 17.1. The Morgan fingerprint density at radius 1 is 1.06 bits per heavy atom. The van der Waals surface area contributed by atoms with Crippen LogP contribution in [0.1, 0.15) is 35.2 Å². The summed E-state index contributed by atoms with van der Waals surface area (Å²) in [7, 11) is 1.56. The summed E-state index contributed by atoms with van der Waals surface area (Å²) < 4.78 is 10.8. The van der Waals surface area contributed by atoms with Gasteiger partial charge in [0.25, 0.3) is 11.7 Å². The van der Waals surface area contributed by atoms with Crippen LogP contribution in [0.4, 0.5) is 5.69 Å². The van der Waals surface area contributed by atoms with Gasteiger partial charge in [0, 0.05) is 11.3 Å². The van der Waals surface area contributed by atoms with E-state index in [0.717, 1.165) is 11.1 Å². The highest BCUT2D eigenvalue weighted by molar-refractivity contribution is 6.51. The number of aliphatic hydroxyl groups is 1. The van der Waals surface area contributed by atoms with E-state index >= 15 is 0 Å². The molecule has 35 heavy (non-hydrogen) atoms. The van der Waals surface area contributed by atoms with Crippen LogP contribution < -0.4 is 14.4 Å². The number of benzene rings is 3. The summed E-state index contributed by atoms with van der Waals surface area (Å²) >= 11 is 6.22. The first-order valence-corrected chi connectivity index (χ1v) is 11.6. The van der Waals surface area contributed by atoms with E-state index < -0.39 is 17.7 Å². The molecule has 0 saturated carbocycles. The topological polar surface area (TPSA) is 76.1 Å². The van der Waals surface area contributed by atoms with Crippen LogP contribution in [0.15, 0.2) is 66.2 Å². The van der Waals surface area contributed by atoms with E-state index in [1.807, 2.05) is 32.9 Å². The number of carbonyl (C=O) groups excluding carboxylic acids is 2. The van der Waals surface area contributed by atoms with Crippen molar-refractivity contribution in [3.05, 3.63) is 93.5 Å². The minimum atomic E-state index is -0.840. The second kappa shape index (κ2) is 9.84. The van der Waals surface area contributed by atoms with Gasteiger partial charge in [-0.2, -0.15) is 0 Å². The lowest BCUT2D eigenvalue weighted by Crippen LogP contribution is -2.30. The van der Waals surface area contributed by atoms with E-state index in [-0.39, 0.29) is 11.3 Å². The third-order valence-electron chi connectivity index (χ3n) is 6.22. The fourth-order valence-electron chi connectivity index (χ4n) is 4.25. The molecule has 1 aliphatic rings. The number of Topliss-reactive ketones (excluding diaryl/α,β-unsaturated/α-hetero) is 1. The molecule has 7 heteroatoms. The summed E-state index contributed by atoms with van der Waals surface area (Å²) in [6.45, 7) is 6.05. The molecule has 1 heterocycles. The molecule has 0 spiro atoms. The van der Waals surface area contributed by atoms with Crippen molar-refractivity contribution in [3.8, 4) is 11.5 Å². The van der Waals surface area contributed by atoms with Gasteiger partial charge in [-0.25, -0.2) is 0 Å². The number of rotatable bonds is 6. The summed E-state index contributed by atoms with van der Waals surface area (Å²) in [6.07, 6.45) is 0. The summed E-state index contributed by atoms with van der Waals surface area (Å²) in [4.78, 5) is 28.3. The van der Waals surface area contributed by atoms with Crippen LogP contribution in [0.3, 0.4) is 0 Å². The molecule has 0 bridgehead atoms. The number of amides is 1. The Bertz CT molecular complexity index is 1330. The van der Waals surface area contributed by atoms with Crippen molar-refractivity contribution in [2.75, 3.05) is 18.6 Å². The van der Waals surface area contributed by atoms with Crippen LogP contribution in [0, 0.1) is 13.8 Å². The quantitative estimate of drug-likeness (QED) is 0.260. The number of halogens is 1. The predicted molar refractivity (Wildman–Crippen MR) is 136 cm³/mol. The number of nitrogens with zero attached hydrogens (tertiary/aromatic N) is 1. The zero-order chi connectivity index (χ0) is 25.3. The number of carbonyl (C=O) groups is 2. The molecule has 6 nitrogen and oxygen atoms in total. The van der Waals surface area contributed by atoms with E-state index in [1.54, 1.807) is 55.6 Å². The molecule has 3 aromatic rings. The Hall–Kier alpha value is -3.77. The Labute approximate surface area is 209 Å². The highest BCUT2D eigenvalue weighted by atomic mass is 35.5. The molecule has 0 aromatic heterocycles. The molecule has 3 aromatic carbocycles. The van der Waals surface area contributed by atoms with Crippen molar-refractivity contribution in [3.63, 3.8) is 0 Å². The lowest BCUT2D eigenvalue weighted by Gasteiger charge is -2.27. The molecule has 1 unspecified atom stereocenters. The van der Waals surface area contributed by atoms with Crippen molar-refractivity contribution in [2.24, 2.45) is 0 Å². The third kappa shape index (κ3) is 4.37. The van der Waals surface area contributed by atoms with E-state index in [0.29, 0.717) is 39.9 Å². The largest absolute Gasteiger partial charge is 0.507 e. The standard InChI is InChI=1S/C28H26ClNO5/c1-5-35-23-15-19(11-14-21(23)29)26(31)24-25(18-9-12-20(34-4)13-10-18)30(28(33)27(24)32)22-8-6-7-16(2)17(22)3/h6-15,25,31H,5H2,1-4H3/b26-24+. The zero-order valence-corrected chi connectivity index (χ0v) is 20.7. The van der Waals surface area contributed by atoms with Gasteiger partial charge in [0.05, 0.1) is 30.4 Å². The van der Waals surface area contributed by atoms with Crippen LogP contribution in [0.5, 0.6) is 11.5 Å². The summed E-state index contributed by atoms with van der Waals surface area (Å²) in [5.74, 6) is -0.758. The summed E-state index contributed by atoms with van der Waals surface area (Å²) in [5.41, 5.74) is 3.45. The van der Waals surface area contributed by atoms with Gasteiger partial charge in [-0.3, -0.25) is 14.5 Å². The van der Waals surface area contributed by atoms with E-state index in [2.05, 4.69) is 0 Å². The van der Waals surface area contributed by atoms with Crippen molar-refractivity contribution in [1.82, 2.24) is 0 Å². The predicted octanol–water partition coefficient (Wildman–Crippen LogP) is 5.99. The fraction of sp³-hybridized carbons (Fsp3) is 0.214. The SMILES string of the molecule is CCOc1cc(/C(O)=C2\C(=O)C(=O)N(c3cccc(C)c3C)C2c2ccc(OC)cc2)ccc1Cl. The fourth-order valence-corrected chi connectivity index (χ4v) is 4.42. The molecule has 1 atom stereocenters. The molecular formula is C28H26ClNO5. The van der Waals surface area contributed by atoms with Gasteiger partial charge in [-0.1, -0.05) is 35.9 Å². The highest BCUT2D eigenvalue weighted by Gasteiger charge is 2.47. The van der Waals surface area contributed by atoms with Gasteiger partial charge in [0.2, 0.25) is 0 Å². The number of aliphatic hydroxyl groups excluding tert-OH is 1. The minimum absolute atomic E-state index is 0.00848. The Morgan fingerprint density at radius 2 is 1.77 bits per heavy atom. The number of methoxy groups -OCH3 is 1. The molecule has 4 rings (SSSR count). The number of aryl methyl sites for hydroxylation is 1. The molecule has 180 valence electrons. The number of ether oxygens (including phenoxy) is 2. The van der Waals surface area contributed by atoms with Gasteiger partial charge in [-0.05, 0) is 73.9 Å². The summed E-state index contributed by atoms with van der Waals surface area (Å²) in [5, 5.41) is 11.8. The molecule has 0 radical (unpaired) electrons. The van der Waals surface area contributed by atoms with Crippen LogP contribution in [0.25, 0.3) is 5.76 Å². The monoisotopic (exact) mass is 491 g/mol. The Balaban J connectivity index is 1.96. The molecule has 1 N–H and O–H groups in total. The van der Waals surface area contributed by atoms with Crippen LogP contribution in [0.2, 0.25) is 5.02 Å². The third-order valence-corrected chi connectivity index (χ3v) is 6.53. The zero-order valence-electron chi connectivity index (χ0n) is 20.0. The molecule has 1 aliphatic heterocycles. The van der Waals surface area contributed by atoms with E-state index in [1.165, 1.54) is 4.90 Å². The van der Waals surface area contributed by atoms with Crippen LogP contribution in [-0.2, 0) is 9.59 Å². The first-order chi connectivity index (χ1) is 16.8.